The van der Waals surface area contributed by atoms with Gasteiger partial charge in [0.05, 0.1) is 22.8 Å². The molecule has 0 radical (unpaired) electrons. The minimum atomic E-state index is 0.897. The Hall–Kier alpha value is -6.59. The van der Waals surface area contributed by atoms with Crippen LogP contribution in [-0.2, 0) is 7.05 Å². The van der Waals surface area contributed by atoms with E-state index in [9.17, 15) is 0 Å². The fraction of sp³-hybridized carbons (Fsp3) is 0.0227. The molecule has 2 aliphatic heterocycles. The van der Waals surface area contributed by atoms with E-state index in [4.69, 9.17) is 9.97 Å². The van der Waals surface area contributed by atoms with Crippen molar-refractivity contribution in [1.29, 1.82) is 0 Å². The van der Waals surface area contributed by atoms with E-state index in [1.165, 1.54) is 0 Å². The van der Waals surface area contributed by atoms with Crippen molar-refractivity contribution in [2.75, 3.05) is 0 Å². The molecule has 2 N–H and O–H groups in total. The van der Waals surface area contributed by atoms with E-state index in [0.717, 1.165) is 89.4 Å². The van der Waals surface area contributed by atoms with Gasteiger partial charge in [-0.25, -0.2) is 14.5 Å². The highest BCUT2D eigenvalue weighted by Gasteiger charge is 2.19. The van der Waals surface area contributed by atoms with E-state index in [2.05, 4.69) is 154 Å². The molecule has 9 rings (SSSR count). The average Bonchev–Trinajstić information content (AvgIpc) is 3.97. The van der Waals surface area contributed by atoms with Crippen molar-refractivity contribution < 1.29 is 4.57 Å². The van der Waals surface area contributed by atoms with E-state index in [0.29, 0.717) is 0 Å². The summed E-state index contributed by atoms with van der Waals surface area (Å²) >= 11 is 0. The topological polar surface area (TPSA) is 61.2 Å². The Morgan fingerprint density at radius 2 is 0.714 bits per heavy atom. The van der Waals surface area contributed by atoms with Crippen LogP contribution >= 0.6 is 0 Å². The van der Waals surface area contributed by atoms with Crippen LogP contribution in [0.5, 0.6) is 0 Å². The predicted molar refractivity (Wildman–Crippen MR) is 202 cm³/mol. The number of rotatable bonds is 4. The molecule has 0 fully saturated rings. The predicted octanol–water partition coefficient (Wildman–Crippen LogP) is 10.1. The van der Waals surface area contributed by atoms with Gasteiger partial charge < -0.3 is 9.97 Å². The summed E-state index contributed by atoms with van der Waals surface area (Å²) < 4.78 is 2.08. The zero-order valence-corrected chi connectivity index (χ0v) is 26.9. The van der Waals surface area contributed by atoms with Crippen molar-refractivity contribution >= 4 is 46.4 Å². The summed E-state index contributed by atoms with van der Waals surface area (Å²) in [5.74, 6) is 0. The van der Waals surface area contributed by atoms with Gasteiger partial charge in [0.1, 0.15) is 7.05 Å². The van der Waals surface area contributed by atoms with Crippen molar-refractivity contribution in [3.8, 4) is 44.5 Å². The Morgan fingerprint density at radius 3 is 1.06 bits per heavy atom. The Labute approximate surface area is 284 Å². The van der Waals surface area contributed by atoms with E-state index >= 15 is 0 Å². The van der Waals surface area contributed by atoms with Gasteiger partial charge in [-0.15, -0.1) is 0 Å². The van der Waals surface area contributed by atoms with Crippen molar-refractivity contribution in [2.24, 2.45) is 7.05 Å². The number of pyridine rings is 1. The molecule has 0 amide bonds. The highest BCUT2D eigenvalue weighted by Crippen LogP contribution is 2.38. The van der Waals surface area contributed by atoms with Crippen LogP contribution in [0.15, 0.2) is 140 Å². The number of H-pyrrole nitrogens is 2. The second-order valence-electron chi connectivity index (χ2n) is 12.4. The molecule has 4 aromatic heterocycles. The summed E-state index contributed by atoms with van der Waals surface area (Å²) in [5.41, 5.74) is 16.1. The van der Waals surface area contributed by atoms with Crippen LogP contribution in [0, 0.1) is 0 Å². The molecule has 8 bridgehead atoms. The molecule has 5 nitrogen and oxygen atoms in total. The second kappa shape index (κ2) is 11.9. The molecule has 5 heteroatoms. The first-order chi connectivity index (χ1) is 24.2. The fourth-order valence-corrected chi connectivity index (χ4v) is 6.97. The number of aryl methyl sites for hydroxylation is 1. The summed E-state index contributed by atoms with van der Waals surface area (Å²) in [7, 11) is 2.05. The lowest BCUT2D eigenvalue weighted by Gasteiger charge is -2.06. The lowest BCUT2D eigenvalue weighted by Crippen LogP contribution is -2.26. The lowest BCUT2D eigenvalue weighted by atomic mass is 10.0. The lowest BCUT2D eigenvalue weighted by molar-refractivity contribution is -0.671. The molecule has 0 unspecified atom stereocenters. The van der Waals surface area contributed by atoms with Crippen molar-refractivity contribution in [3.63, 3.8) is 0 Å². The third kappa shape index (κ3) is 5.18. The smallest absolute Gasteiger partial charge is 0.176 e. The highest BCUT2D eigenvalue weighted by molar-refractivity contribution is 5.99. The summed E-state index contributed by atoms with van der Waals surface area (Å²) in [5, 5.41) is 0. The molecular weight excluding hydrogens is 599 g/mol. The number of aromatic nitrogens is 5. The van der Waals surface area contributed by atoms with Crippen molar-refractivity contribution in [1.82, 2.24) is 19.9 Å². The zero-order valence-electron chi connectivity index (χ0n) is 26.9. The van der Waals surface area contributed by atoms with Gasteiger partial charge in [-0.05, 0) is 71.3 Å². The molecule has 2 aliphatic rings. The van der Waals surface area contributed by atoms with E-state index in [1.54, 1.807) is 0 Å². The Balaban J connectivity index is 1.49. The van der Waals surface area contributed by atoms with Gasteiger partial charge in [0.2, 0.25) is 0 Å². The number of fused-ring (bicyclic) bond motifs is 8. The Bertz CT molecular complexity index is 2550. The molecular formula is C44H32N5+. The molecule has 232 valence electrons. The van der Waals surface area contributed by atoms with Crippen molar-refractivity contribution in [2.45, 2.75) is 0 Å². The number of benzene rings is 3. The van der Waals surface area contributed by atoms with Gasteiger partial charge in [0.25, 0.3) is 0 Å². The highest BCUT2D eigenvalue weighted by atomic mass is 14.9. The summed E-state index contributed by atoms with van der Waals surface area (Å²) in [6.45, 7) is 0. The summed E-state index contributed by atoms with van der Waals surface area (Å²) in [6, 6.07) is 44.4. The first-order valence-corrected chi connectivity index (χ1v) is 16.5. The SMILES string of the molecule is C[n+]1cccc(-c2c3nc(c(-c4ccccc4)c4ccc([nH]4)c(-c4ccccc4)c4nc(c(-c5ccccc5)c5ccc2[nH]5)C=C4)C=C3)c1. The normalized spacial score (nSPS) is 12.0. The molecule has 0 saturated heterocycles. The van der Waals surface area contributed by atoms with Gasteiger partial charge in [0.15, 0.2) is 12.4 Å². The van der Waals surface area contributed by atoms with Crippen molar-refractivity contribution in [3.05, 3.63) is 163 Å². The minimum Gasteiger partial charge on any atom is -0.354 e. The molecule has 0 atom stereocenters. The van der Waals surface area contributed by atoms with Crippen LogP contribution in [0.2, 0.25) is 0 Å². The standard InChI is InChI=1S/C44H32N5/c1-49-27-11-18-32(28-49)44-39-25-23-37(47-39)42(30-14-7-3-8-15-30)35-21-19-33(45-35)41(29-12-5-2-6-13-29)34-20-22-36(46-34)43(31-16-9-4-10-17-31)38-24-26-40(44)48-38/h2-28,45,48H,1H3/q+1. The number of hydrogen-bond acceptors (Lipinski definition) is 2. The van der Waals surface area contributed by atoms with Gasteiger partial charge in [-0.2, -0.15) is 0 Å². The molecule has 3 aromatic carbocycles. The molecule has 7 aromatic rings. The quantitative estimate of drug-likeness (QED) is 0.190. The first-order valence-electron chi connectivity index (χ1n) is 16.5. The summed E-state index contributed by atoms with van der Waals surface area (Å²) in [4.78, 5) is 18.3. The first kappa shape index (κ1) is 28.6. The van der Waals surface area contributed by atoms with Crippen LogP contribution in [0.25, 0.3) is 90.9 Å². The van der Waals surface area contributed by atoms with Crippen LogP contribution in [-0.4, -0.2) is 19.9 Å². The molecule has 49 heavy (non-hydrogen) atoms. The van der Waals surface area contributed by atoms with E-state index < -0.39 is 0 Å². The molecule has 0 spiro atoms. The van der Waals surface area contributed by atoms with Gasteiger partial charge in [-0.3, -0.25) is 0 Å². The van der Waals surface area contributed by atoms with Crippen LogP contribution in [0.1, 0.15) is 22.8 Å². The average molecular weight is 631 g/mol. The fourth-order valence-electron chi connectivity index (χ4n) is 6.97. The minimum absolute atomic E-state index is 0.897. The monoisotopic (exact) mass is 630 g/mol. The Kier molecular flexibility index (Phi) is 6.95. The number of nitrogens with one attached hydrogen (secondary N) is 2. The van der Waals surface area contributed by atoms with E-state index in [-0.39, 0.29) is 0 Å². The van der Waals surface area contributed by atoms with Gasteiger partial charge in [0, 0.05) is 56.0 Å². The van der Waals surface area contributed by atoms with Crippen LogP contribution in [0.3, 0.4) is 0 Å². The number of aromatic amines is 2. The third-order valence-electron chi connectivity index (χ3n) is 9.17. The zero-order chi connectivity index (χ0) is 32.7. The third-order valence-corrected chi connectivity index (χ3v) is 9.17. The van der Waals surface area contributed by atoms with Crippen LogP contribution < -0.4 is 4.57 Å². The number of nitrogens with zero attached hydrogens (tertiary/aromatic N) is 3. The van der Waals surface area contributed by atoms with Gasteiger partial charge >= 0.3 is 0 Å². The second-order valence-corrected chi connectivity index (χ2v) is 12.4. The number of hydrogen-bond donors (Lipinski definition) is 2. The Morgan fingerprint density at radius 1 is 0.388 bits per heavy atom. The summed E-state index contributed by atoms with van der Waals surface area (Å²) in [6.07, 6.45) is 12.7. The largest absolute Gasteiger partial charge is 0.354 e. The molecule has 6 heterocycles. The van der Waals surface area contributed by atoms with Crippen LogP contribution in [0.4, 0.5) is 0 Å². The molecule has 0 aliphatic carbocycles. The van der Waals surface area contributed by atoms with Gasteiger partial charge in [-0.1, -0.05) is 91.0 Å². The maximum absolute atomic E-state index is 5.37. The van der Waals surface area contributed by atoms with E-state index in [1.807, 2.05) is 31.4 Å². The maximum Gasteiger partial charge on any atom is 0.176 e. The molecule has 0 saturated carbocycles. The maximum atomic E-state index is 5.37.